The van der Waals surface area contributed by atoms with Crippen LogP contribution in [-0.4, -0.2) is 25.0 Å². The van der Waals surface area contributed by atoms with Crippen molar-refractivity contribution >= 4 is 11.8 Å². The summed E-state index contributed by atoms with van der Waals surface area (Å²) >= 11 is 1.44. The summed E-state index contributed by atoms with van der Waals surface area (Å²) in [4.78, 5) is 0. The lowest BCUT2D eigenvalue weighted by atomic mass is 10.3. The van der Waals surface area contributed by atoms with Crippen molar-refractivity contribution in [3.8, 4) is 5.75 Å². The van der Waals surface area contributed by atoms with Gasteiger partial charge >= 0.3 is 0 Å². The maximum Gasteiger partial charge on any atom is 0.229 e. The number of aryl methyl sites for hydroxylation is 1. The van der Waals surface area contributed by atoms with Gasteiger partial charge in [0.15, 0.2) is 22.5 Å². The van der Waals surface area contributed by atoms with Crippen molar-refractivity contribution in [1.82, 2.24) is 25.0 Å². The summed E-state index contributed by atoms with van der Waals surface area (Å²) in [6, 6.07) is 6.23. The Hall–Kier alpha value is -2.68. The van der Waals surface area contributed by atoms with E-state index in [1.807, 2.05) is 11.5 Å². The standard InChI is InChI=1S/C17H18FN5O2S/c1-4-9-23-15(10-24-14-8-6-5-7-13(14)18)20-22-17(23)26-11(2)16-21-19-12(3)25-16/h4-8,11H,1,9-10H2,2-3H3/t11-/m1/s1. The van der Waals surface area contributed by atoms with E-state index in [2.05, 4.69) is 27.0 Å². The van der Waals surface area contributed by atoms with E-state index in [0.717, 1.165) is 0 Å². The molecule has 9 heteroatoms. The fourth-order valence-electron chi connectivity index (χ4n) is 2.21. The summed E-state index contributed by atoms with van der Waals surface area (Å²) in [5, 5.41) is 16.8. The average molecular weight is 375 g/mol. The normalized spacial score (nSPS) is 12.1. The number of benzene rings is 1. The van der Waals surface area contributed by atoms with E-state index in [1.165, 1.54) is 17.8 Å². The first-order chi connectivity index (χ1) is 12.6. The van der Waals surface area contributed by atoms with Gasteiger partial charge in [0.2, 0.25) is 11.8 Å². The molecule has 2 aromatic heterocycles. The molecule has 0 radical (unpaired) electrons. The molecule has 3 aromatic rings. The van der Waals surface area contributed by atoms with Crippen LogP contribution in [0.4, 0.5) is 4.39 Å². The Labute approximate surface area is 154 Å². The van der Waals surface area contributed by atoms with Gasteiger partial charge in [0.25, 0.3) is 0 Å². The van der Waals surface area contributed by atoms with E-state index < -0.39 is 5.82 Å². The second kappa shape index (κ2) is 8.13. The summed E-state index contributed by atoms with van der Waals surface area (Å²) in [6.45, 7) is 8.04. The Kier molecular flexibility index (Phi) is 5.67. The molecule has 0 fully saturated rings. The summed E-state index contributed by atoms with van der Waals surface area (Å²) in [5.41, 5.74) is 0. The Balaban J connectivity index is 1.75. The molecule has 0 spiro atoms. The molecule has 1 atom stereocenters. The van der Waals surface area contributed by atoms with Crippen molar-refractivity contribution in [3.05, 3.63) is 60.3 Å². The summed E-state index contributed by atoms with van der Waals surface area (Å²) in [6.07, 6.45) is 1.74. The number of nitrogens with zero attached hydrogens (tertiary/aromatic N) is 5. The fraction of sp³-hybridized carbons (Fsp3) is 0.294. The number of hydrogen-bond donors (Lipinski definition) is 0. The van der Waals surface area contributed by atoms with Crippen molar-refractivity contribution < 1.29 is 13.5 Å². The largest absolute Gasteiger partial charge is 0.483 e. The molecule has 3 rings (SSSR count). The van der Waals surface area contributed by atoms with Crippen LogP contribution in [0.5, 0.6) is 5.75 Å². The Bertz CT molecular complexity index is 895. The molecule has 0 saturated heterocycles. The number of aromatic nitrogens is 5. The molecule has 0 saturated carbocycles. The third-order valence-corrected chi connectivity index (χ3v) is 4.54. The molecule has 2 heterocycles. The zero-order valence-corrected chi connectivity index (χ0v) is 15.2. The third-order valence-electron chi connectivity index (χ3n) is 3.47. The van der Waals surface area contributed by atoms with E-state index >= 15 is 0 Å². The van der Waals surface area contributed by atoms with Gasteiger partial charge in [-0.3, -0.25) is 4.57 Å². The molecular weight excluding hydrogens is 357 g/mol. The van der Waals surface area contributed by atoms with Gasteiger partial charge in [-0.2, -0.15) is 0 Å². The molecule has 0 amide bonds. The minimum absolute atomic E-state index is 0.0932. The topological polar surface area (TPSA) is 78.9 Å². The smallest absolute Gasteiger partial charge is 0.229 e. The lowest BCUT2D eigenvalue weighted by molar-refractivity contribution is 0.275. The van der Waals surface area contributed by atoms with Gasteiger partial charge in [-0.1, -0.05) is 30.0 Å². The molecule has 0 aliphatic carbocycles. The van der Waals surface area contributed by atoms with Crippen LogP contribution < -0.4 is 4.74 Å². The van der Waals surface area contributed by atoms with Crippen LogP contribution in [0.25, 0.3) is 0 Å². The minimum atomic E-state index is -0.419. The molecule has 0 aliphatic heterocycles. The number of halogens is 1. The molecule has 7 nitrogen and oxygen atoms in total. The van der Waals surface area contributed by atoms with Gasteiger partial charge < -0.3 is 9.15 Å². The molecule has 0 bridgehead atoms. The molecule has 136 valence electrons. The number of rotatable bonds is 8. The van der Waals surface area contributed by atoms with Gasteiger partial charge in [-0.15, -0.1) is 27.0 Å². The van der Waals surface area contributed by atoms with Crippen LogP contribution in [0.15, 0.2) is 46.5 Å². The maximum absolute atomic E-state index is 13.7. The second-order valence-electron chi connectivity index (χ2n) is 5.44. The molecule has 0 unspecified atom stereocenters. The number of allylic oxidation sites excluding steroid dienone is 1. The van der Waals surface area contributed by atoms with Crippen LogP contribution in [0.3, 0.4) is 0 Å². The van der Waals surface area contributed by atoms with Crippen molar-refractivity contribution in [2.75, 3.05) is 0 Å². The number of ether oxygens (including phenoxy) is 1. The molecule has 0 aliphatic rings. The fourth-order valence-corrected chi connectivity index (χ4v) is 3.12. The zero-order chi connectivity index (χ0) is 18.5. The first-order valence-corrected chi connectivity index (χ1v) is 8.83. The summed E-state index contributed by atoms with van der Waals surface area (Å²) in [5.74, 6) is 1.36. The van der Waals surface area contributed by atoms with Crippen molar-refractivity contribution in [1.29, 1.82) is 0 Å². The van der Waals surface area contributed by atoms with E-state index in [-0.39, 0.29) is 17.6 Å². The Morgan fingerprint density at radius 2 is 2.12 bits per heavy atom. The van der Waals surface area contributed by atoms with Crippen molar-refractivity contribution in [2.24, 2.45) is 0 Å². The van der Waals surface area contributed by atoms with Crippen LogP contribution in [-0.2, 0) is 13.2 Å². The molecule has 0 N–H and O–H groups in total. The van der Waals surface area contributed by atoms with E-state index in [1.54, 1.807) is 31.2 Å². The van der Waals surface area contributed by atoms with Crippen LogP contribution in [0.1, 0.15) is 29.8 Å². The van der Waals surface area contributed by atoms with Crippen LogP contribution >= 0.6 is 11.8 Å². The average Bonchev–Trinajstić information content (AvgIpc) is 3.22. The highest BCUT2D eigenvalue weighted by molar-refractivity contribution is 7.99. The van der Waals surface area contributed by atoms with Gasteiger partial charge in [0.1, 0.15) is 6.61 Å². The molecular formula is C17H18FN5O2S. The minimum Gasteiger partial charge on any atom is -0.483 e. The summed E-state index contributed by atoms with van der Waals surface area (Å²) < 4.78 is 26.5. The number of hydrogen-bond acceptors (Lipinski definition) is 7. The van der Waals surface area contributed by atoms with Crippen molar-refractivity contribution in [2.45, 2.75) is 37.4 Å². The third kappa shape index (κ3) is 4.10. The van der Waals surface area contributed by atoms with Crippen LogP contribution in [0.2, 0.25) is 0 Å². The predicted molar refractivity (Wildman–Crippen MR) is 94.3 cm³/mol. The predicted octanol–water partition coefficient (Wildman–Crippen LogP) is 3.73. The SMILES string of the molecule is C=CCn1c(COc2ccccc2F)nnc1S[C@H](C)c1nnc(C)o1. The second-order valence-corrected chi connectivity index (χ2v) is 6.74. The van der Waals surface area contributed by atoms with Gasteiger partial charge in [0.05, 0.1) is 5.25 Å². The van der Waals surface area contributed by atoms with Crippen LogP contribution in [0, 0.1) is 12.7 Å². The Morgan fingerprint density at radius 3 is 2.81 bits per heavy atom. The van der Waals surface area contributed by atoms with Gasteiger partial charge in [0, 0.05) is 13.5 Å². The van der Waals surface area contributed by atoms with E-state index in [0.29, 0.717) is 29.3 Å². The quantitative estimate of drug-likeness (QED) is 0.438. The highest BCUT2D eigenvalue weighted by Crippen LogP contribution is 2.33. The zero-order valence-electron chi connectivity index (χ0n) is 14.4. The van der Waals surface area contributed by atoms with Gasteiger partial charge in [-0.05, 0) is 19.1 Å². The number of para-hydroxylation sites is 1. The molecule has 1 aromatic carbocycles. The Morgan fingerprint density at radius 1 is 1.31 bits per heavy atom. The highest BCUT2D eigenvalue weighted by atomic mass is 32.2. The van der Waals surface area contributed by atoms with E-state index in [9.17, 15) is 4.39 Å². The summed E-state index contributed by atoms with van der Waals surface area (Å²) in [7, 11) is 0. The molecule has 26 heavy (non-hydrogen) atoms. The van der Waals surface area contributed by atoms with Gasteiger partial charge in [-0.25, -0.2) is 4.39 Å². The lowest BCUT2D eigenvalue weighted by Crippen LogP contribution is -2.08. The maximum atomic E-state index is 13.7. The highest BCUT2D eigenvalue weighted by Gasteiger charge is 2.20. The van der Waals surface area contributed by atoms with E-state index in [4.69, 9.17) is 9.15 Å². The van der Waals surface area contributed by atoms with Crippen molar-refractivity contribution in [3.63, 3.8) is 0 Å². The first kappa shape index (κ1) is 18.1. The first-order valence-electron chi connectivity index (χ1n) is 7.95. The monoisotopic (exact) mass is 375 g/mol. The lowest BCUT2D eigenvalue weighted by Gasteiger charge is -2.11. The number of thioether (sulfide) groups is 1.